The summed E-state index contributed by atoms with van der Waals surface area (Å²) in [5.41, 5.74) is 1.06. The number of rotatable bonds is 5. The molecule has 1 aromatic carbocycles. The maximum atomic E-state index is 12.0. The number of halogens is 1. The van der Waals surface area contributed by atoms with Crippen LogP contribution in [0.5, 0.6) is 0 Å². The van der Waals surface area contributed by atoms with E-state index in [1.165, 1.54) is 25.7 Å². The molecule has 19 heavy (non-hydrogen) atoms. The number of carbonyl (C=O) groups is 1. The van der Waals surface area contributed by atoms with Crippen LogP contribution in [0, 0.1) is 0 Å². The van der Waals surface area contributed by atoms with Gasteiger partial charge >= 0.3 is 0 Å². The zero-order chi connectivity index (χ0) is 13.7. The second kappa shape index (κ2) is 6.92. The maximum Gasteiger partial charge on any atom is 0.236 e. The summed E-state index contributed by atoms with van der Waals surface area (Å²) in [5, 5.41) is 4.05. The van der Waals surface area contributed by atoms with Crippen molar-refractivity contribution in [2.45, 2.75) is 38.3 Å². The molecule has 1 amide bonds. The van der Waals surface area contributed by atoms with Gasteiger partial charge in [0.25, 0.3) is 0 Å². The van der Waals surface area contributed by atoms with E-state index in [4.69, 9.17) is 11.6 Å². The smallest absolute Gasteiger partial charge is 0.236 e. The Labute approximate surface area is 119 Å². The van der Waals surface area contributed by atoms with Crippen molar-refractivity contribution in [1.29, 1.82) is 0 Å². The summed E-state index contributed by atoms with van der Waals surface area (Å²) in [6.45, 7) is 1.04. The summed E-state index contributed by atoms with van der Waals surface area (Å²) in [7, 11) is 1.83. The number of benzene rings is 1. The van der Waals surface area contributed by atoms with Crippen LogP contribution in [0.4, 0.5) is 0 Å². The summed E-state index contributed by atoms with van der Waals surface area (Å²) in [6, 6.07) is 8.17. The van der Waals surface area contributed by atoms with Crippen LogP contribution in [0.2, 0.25) is 5.02 Å². The van der Waals surface area contributed by atoms with Gasteiger partial charge in [-0.05, 0) is 30.5 Å². The molecule has 2 rings (SSSR count). The Kier molecular flexibility index (Phi) is 5.23. The summed E-state index contributed by atoms with van der Waals surface area (Å²) in [5.74, 6) is 0.131. The Hall–Kier alpha value is -1.06. The minimum atomic E-state index is 0.131. The second-order valence-electron chi connectivity index (χ2n) is 5.24. The van der Waals surface area contributed by atoms with Gasteiger partial charge in [-0.2, -0.15) is 0 Å². The van der Waals surface area contributed by atoms with Crippen molar-refractivity contribution in [3.05, 3.63) is 34.9 Å². The van der Waals surface area contributed by atoms with Gasteiger partial charge in [0.1, 0.15) is 0 Å². The molecule has 0 spiro atoms. The zero-order valence-electron chi connectivity index (χ0n) is 11.4. The van der Waals surface area contributed by atoms with Crippen molar-refractivity contribution < 1.29 is 4.79 Å². The number of nitrogens with one attached hydrogen (secondary N) is 1. The van der Waals surface area contributed by atoms with E-state index in [1.54, 1.807) is 4.90 Å². The Balaban J connectivity index is 1.78. The average molecular weight is 281 g/mol. The summed E-state index contributed by atoms with van der Waals surface area (Å²) in [4.78, 5) is 13.8. The van der Waals surface area contributed by atoms with Gasteiger partial charge in [0, 0.05) is 24.7 Å². The van der Waals surface area contributed by atoms with Crippen molar-refractivity contribution in [2.24, 2.45) is 0 Å². The molecule has 0 aromatic heterocycles. The second-order valence-corrected chi connectivity index (χ2v) is 5.68. The van der Waals surface area contributed by atoms with E-state index in [-0.39, 0.29) is 5.91 Å². The lowest BCUT2D eigenvalue weighted by Gasteiger charge is -2.19. The van der Waals surface area contributed by atoms with Gasteiger partial charge in [-0.1, -0.05) is 36.6 Å². The van der Waals surface area contributed by atoms with Gasteiger partial charge < -0.3 is 10.2 Å². The monoisotopic (exact) mass is 280 g/mol. The SMILES string of the molecule is CN(Cc1cccc(Cl)c1)C(=O)CNC1CCCC1. The van der Waals surface area contributed by atoms with Crippen LogP contribution in [-0.2, 0) is 11.3 Å². The van der Waals surface area contributed by atoms with Crippen molar-refractivity contribution in [2.75, 3.05) is 13.6 Å². The molecule has 0 atom stereocenters. The highest BCUT2D eigenvalue weighted by Gasteiger charge is 2.16. The van der Waals surface area contributed by atoms with E-state index >= 15 is 0 Å². The lowest BCUT2D eigenvalue weighted by atomic mass is 10.2. The van der Waals surface area contributed by atoms with Crippen LogP contribution < -0.4 is 5.32 Å². The van der Waals surface area contributed by atoms with Gasteiger partial charge in [0.15, 0.2) is 0 Å². The topological polar surface area (TPSA) is 32.3 Å². The molecule has 1 N–H and O–H groups in total. The van der Waals surface area contributed by atoms with E-state index in [0.29, 0.717) is 24.2 Å². The molecule has 104 valence electrons. The number of hydrogen-bond acceptors (Lipinski definition) is 2. The van der Waals surface area contributed by atoms with E-state index in [2.05, 4.69) is 5.32 Å². The molecule has 1 aliphatic carbocycles. The summed E-state index contributed by atoms with van der Waals surface area (Å²) < 4.78 is 0. The number of hydrogen-bond donors (Lipinski definition) is 1. The quantitative estimate of drug-likeness (QED) is 0.899. The van der Waals surface area contributed by atoms with Crippen molar-refractivity contribution >= 4 is 17.5 Å². The lowest BCUT2D eigenvalue weighted by Crippen LogP contribution is -2.38. The number of nitrogens with zero attached hydrogens (tertiary/aromatic N) is 1. The Morgan fingerprint density at radius 2 is 2.16 bits per heavy atom. The van der Waals surface area contributed by atoms with Crippen LogP contribution >= 0.6 is 11.6 Å². The van der Waals surface area contributed by atoms with Crippen LogP contribution in [0.15, 0.2) is 24.3 Å². The molecule has 1 aliphatic rings. The largest absolute Gasteiger partial charge is 0.340 e. The zero-order valence-corrected chi connectivity index (χ0v) is 12.1. The molecule has 0 radical (unpaired) electrons. The van der Waals surface area contributed by atoms with E-state index in [1.807, 2.05) is 31.3 Å². The summed E-state index contributed by atoms with van der Waals surface area (Å²) >= 11 is 5.94. The molecule has 0 bridgehead atoms. The highest BCUT2D eigenvalue weighted by molar-refractivity contribution is 6.30. The standard InChI is InChI=1S/C15H21ClN2O/c1-18(11-12-5-4-6-13(16)9-12)15(19)10-17-14-7-2-3-8-14/h4-6,9,14,17H,2-3,7-8,10-11H2,1H3. The van der Waals surface area contributed by atoms with Crippen LogP contribution in [0.25, 0.3) is 0 Å². The Bertz CT molecular complexity index is 430. The predicted octanol–water partition coefficient (Wildman–Crippen LogP) is 2.83. The molecule has 3 nitrogen and oxygen atoms in total. The third kappa shape index (κ3) is 4.51. The fourth-order valence-corrected chi connectivity index (χ4v) is 2.71. The fourth-order valence-electron chi connectivity index (χ4n) is 2.49. The molecule has 4 heteroatoms. The molecule has 1 fully saturated rings. The first-order valence-electron chi connectivity index (χ1n) is 6.87. The summed E-state index contributed by atoms with van der Waals surface area (Å²) in [6.07, 6.45) is 4.96. The molecular weight excluding hydrogens is 260 g/mol. The predicted molar refractivity (Wildman–Crippen MR) is 78.2 cm³/mol. The van der Waals surface area contributed by atoms with E-state index in [0.717, 1.165) is 5.56 Å². The Morgan fingerprint density at radius 1 is 1.42 bits per heavy atom. The van der Waals surface area contributed by atoms with Crippen LogP contribution in [-0.4, -0.2) is 30.4 Å². The van der Waals surface area contributed by atoms with Crippen LogP contribution in [0.3, 0.4) is 0 Å². The van der Waals surface area contributed by atoms with Gasteiger partial charge in [0.2, 0.25) is 5.91 Å². The third-order valence-corrected chi connectivity index (χ3v) is 3.87. The number of amides is 1. The van der Waals surface area contributed by atoms with Gasteiger partial charge in [-0.25, -0.2) is 0 Å². The highest BCUT2D eigenvalue weighted by Crippen LogP contribution is 2.17. The lowest BCUT2D eigenvalue weighted by molar-refractivity contribution is -0.129. The van der Waals surface area contributed by atoms with Crippen molar-refractivity contribution in [1.82, 2.24) is 10.2 Å². The normalized spacial score (nSPS) is 15.7. The van der Waals surface area contributed by atoms with Gasteiger partial charge in [-0.3, -0.25) is 4.79 Å². The van der Waals surface area contributed by atoms with E-state index in [9.17, 15) is 4.79 Å². The first kappa shape index (κ1) is 14.4. The molecular formula is C15H21ClN2O. The minimum Gasteiger partial charge on any atom is -0.340 e. The minimum absolute atomic E-state index is 0.131. The van der Waals surface area contributed by atoms with Gasteiger partial charge in [-0.15, -0.1) is 0 Å². The Morgan fingerprint density at radius 3 is 2.84 bits per heavy atom. The fraction of sp³-hybridized carbons (Fsp3) is 0.533. The first-order valence-corrected chi connectivity index (χ1v) is 7.25. The molecule has 0 saturated heterocycles. The molecule has 1 saturated carbocycles. The van der Waals surface area contributed by atoms with E-state index < -0.39 is 0 Å². The van der Waals surface area contributed by atoms with Crippen LogP contribution in [0.1, 0.15) is 31.2 Å². The number of likely N-dealkylation sites (N-methyl/N-ethyl adjacent to an activating group) is 1. The molecule has 0 aliphatic heterocycles. The molecule has 0 unspecified atom stereocenters. The molecule has 0 heterocycles. The maximum absolute atomic E-state index is 12.0. The number of carbonyl (C=O) groups excluding carboxylic acids is 1. The average Bonchev–Trinajstić information content (AvgIpc) is 2.89. The van der Waals surface area contributed by atoms with Gasteiger partial charge in [0.05, 0.1) is 6.54 Å². The third-order valence-electron chi connectivity index (χ3n) is 3.63. The van der Waals surface area contributed by atoms with Crippen molar-refractivity contribution in [3.63, 3.8) is 0 Å². The first-order chi connectivity index (χ1) is 9.15. The highest BCUT2D eigenvalue weighted by atomic mass is 35.5. The molecule has 1 aromatic rings. The van der Waals surface area contributed by atoms with Crippen molar-refractivity contribution in [3.8, 4) is 0 Å².